The predicted octanol–water partition coefficient (Wildman–Crippen LogP) is 3.13. The maximum Gasteiger partial charge on any atom is 0.460 e. The van der Waals surface area contributed by atoms with Crippen LogP contribution in [0.1, 0.15) is 6.42 Å². The standard InChI is InChI=1S/C6H4F10O/c7-2(17)1-3(8,9)4(10,11)5(12,13)6(14,15)16/h2,17H,1H2. The molecule has 0 radical (unpaired) electrons. The van der Waals surface area contributed by atoms with E-state index >= 15 is 0 Å². The molecule has 0 aliphatic carbocycles. The Morgan fingerprint density at radius 1 is 0.765 bits per heavy atom. The Kier molecular flexibility index (Phi) is 3.99. The van der Waals surface area contributed by atoms with E-state index in [1.165, 1.54) is 0 Å². The van der Waals surface area contributed by atoms with Gasteiger partial charge in [-0.1, -0.05) is 0 Å². The lowest BCUT2D eigenvalue weighted by molar-refractivity contribution is -0.399. The fraction of sp³-hybridized carbons (Fsp3) is 1.00. The summed E-state index contributed by atoms with van der Waals surface area (Å²) in [5.74, 6) is -20.0. The van der Waals surface area contributed by atoms with E-state index in [2.05, 4.69) is 0 Å². The summed E-state index contributed by atoms with van der Waals surface area (Å²) >= 11 is 0. The van der Waals surface area contributed by atoms with Crippen molar-refractivity contribution < 1.29 is 49.0 Å². The summed E-state index contributed by atoms with van der Waals surface area (Å²) in [4.78, 5) is 0. The van der Waals surface area contributed by atoms with Crippen molar-refractivity contribution in [3.8, 4) is 0 Å². The number of alkyl halides is 10. The number of hydrogen-bond donors (Lipinski definition) is 1. The number of aliphatic hydroxyl groups is 1. The highest BCUT2D eigenvalue weighted by Crippen LogP contribution is 2.54. The highest BCUT2D eigenvalue weighted by molar-refractivity contribution is 5.00. The molecule has 104 valence electrons. The van der Waals surface area contributed by atoms with Crippen LogP contribution in [0.2, 0.25) is 0 Å². The van der Waals surface area contributed by atoms with E-state index < -0.39 is 36.7 Å². The molecule has 0 aliphatic heterocycles. The van der Waals surface area contributed by atoms with Crippen LogP contribution in [0.25, 0.3) is 0 Å². The van der Waals surface area contributed by atoms with Gasteiger partial charge < -0.3 is 5.11 Å². The zero-order valence-electron chi connectivity index (χ0n) is 7.51. The Hall–Kier alpha value is -0.740. The van der Waals surface area contributed by atoms with Crippen LogP contribution in [0.4, 0.5) is 43.9 Å². The molecule has 0 bridgehead atoms. The Morgan fingerprint density at radius 2 is 1.12 bits per heavy atom. The van der Waals surface area contributed by atoms with Gasteiger partial charge in [-0.15, -0.1) is 0 Å². The van der Waals surface area contributed by atoms with Gasteiger partial charge >= 0.3 is 23.9 Å². The second-order valence-electron chi connectivity index (χ2n) is 2.99. The third-order valence-electron chi connectivity index (χ3n) is 1.63. The van der Waals surface area contributed by atoms with E-state index in [-0.39, 0.29) is 0 Å². The highest BCUT2D eigenvalue weighted by atomic mass is 19.4. The second-order valence-corrected chi connectivity index (χ2v) is 2.99. The van der Waals surface area contributed by atoms with E-state index in [1.807, 2.05) is 0 Å². The molecular formula is C6H4F10O. The minimum absolute atomic E-state index is 2.88. The molecule has 0 amide bonds. The van der Waals surface area contributed by atoms with Crippen molar-refractivity contribution in [3.05, 3.63) is 0 Å². The zero-order valence-corrected chi connectivity index (χ0v) is 7.51. The molecule has 0 saturated heterocycles. The van der Waals surface area contributed by atoms with Crippen LogP contribution in [0.15, 0.2) is 0 Å². The number of aliphatic hydroxyl groups excluding tert-OH is 1. The van der Waals surface area contributed by atoms with Gasteiger partial charge in [0, 0.05) is 0 Å². The molecule has 0 aliphatic rings. The predicted molar refractivity (Wildman–Crippen MR) is 32.6 cm³/mol. The van der Waals surface area contributed by atoms with Gasteiger partial charge in [-0.25, -0.2) is 4.39 Å². The minimum Gasteiger partial charge on any atom is -0.364 e. The summed E-state index contributed by atoms with van der Waals surface area (Å²) in [5.41, 5.74) is 0. The Labute approximate surface area is 87.0 Å². The van der Waals surface area contributed by atoms with E-state index in [1.54, 1.807) is 0 Å². The Bertz CT molecular complexity index is 266. The maximum absolute atomic E-state index is 12.3. The van der Waals surface area contributed by atoms with Gasteiger partial charge in [-0.05, 0) is 0 Å². The molecule has 0 spiro atoms. The molecular weight excluding hydrogens is 278 g/mol. The highest BCUT2D eigenvalue weighted by Gasteiger charge is 2.81. The van der Waals surface area contributed by atoms with Gasteiger partial charge in [0.05, 0.1) is 6.42 Å². The fourth-order valence-corrected chi connectivity index (χ4v) is 0.747. The van der Waals surface area contributed by atoms with Gasteiger partial charge in [0.2, 0.25) is 6.36 Å². The number of rotatable bonds is 4. The average molecular weight is 282 g/mol. The molecule has 1 unspecified atom stereocenters. The molecule has 0 aromatic rings. The molecule has 0 saturated carbocycles. The normalized spacial score (nSPS) is 17.1. The fourth-order valence-electron chi connectivity index (χ4n) is 0.747. The van der Waals surface area contributed by atoms with Crippen LogP contribution >= 0.6 is 0 Å². The van der Waals surface area contributed by atoms with E-state index in [0.29, 0.717) is 0 Å². The number of halogens is 10. The van der Waals surface area contributed by atoms with Crippen LogP contribution in [0.5, 0.6) is 0 Å². The van der Waals surface area contributed by atoms with E-state index in [4.69, 9.17) is 5.11 Å². The van der Waals surface area contributed by atoms with Crippen LogP contribution in [0.3, 0.4) is 0 Å². The zero-order chi connectivity index (χ0) is 14.3. The molecule has 0 rings (SSSR count). The van der Waals surface area contributed by atoms with Crippen molar-refractivity contribution in [1.82, 2.24) is 0 Å². The molecule has 17 heavy (non-hydrogen) atoms. The SMILES string of the molecule is OC(F)CC(F)(F)C(F)(F)C(F)(F)C(F)(F)F. The summed E-state index contributed by atoms with van der Waals surface area (Å²) in [5, 5.41) is 7.71. The topological polar surface area (TPSA) is 20.2 Å². The molecule has 0 fully saturated rings. The Morgan fingerprint density at radius 3 is 1.35 bits per heavy atom. The van der Waals surface area contributed by atoms with Crippen molar-refractivity contribution in [3.63, 3.8) is 0 Å². The summed E-state index contributed by atoms with van der Waals surface area (Å²) in [7, 11) is 0. The third-order valence-corrected chi connectivity index (χ3v) is 1.63. The maximum atomic E-state index is 12.3. The molecule has 11 heteroatoms. The van der Waals surface area contributed by atoms with E-state index in [0.717, 1.165) is 0 Å². The first-order valence-electron chi connectivity index (χ1n) is 3.69. The van der Waals surface area contributed by atoms with Gasteiger partial charge in [0.25, 0.3) is 0 Å². The first-order chi connectivity index (χ1) is 7.17. The first kappa shape index (κ1) is 16.3. The van der Waals surface area contributed by atoms with Crippen molar-refractivity contribution in [1.29, 1.82) is 0 Å². The lowest BCUT2D eigenvalue weighted by atomic mass is 10.0. The van der Waals surface area contributed by atoms with Gasteiger partial charge in [0.15, 0.2) is 0 Å². The molecule has 1 atom stereocenters. The summed E-state index contributed by atoms with van der Waals surface area (Å²) in [6.45, 7) is 0. The lowest BCUT2D eigenvalue weighted by Gasteiger charge is -2.33. The third kappa shape index (κ3) is 2.75. The average Bonchev–Trinajstić information content (AvgIpc) is 1.98. The van der Waals surface area contributed by atoms with Crippen molar-refractivity contribution >= 4 is 0 Å². The number of hydrogen-bond acceptors (Lipinski definition) is 1. The summed E-state index contributed by atoms with van der Waals surface area (Å²) in [6, 6.07) is 0. The largest absolute Gasteiger partial charge is 0.460 e. The molecule has 0 aromatic carbocycles. The van der Waals surface area contributed by atoms with Crippen molar-refractivity contribution in [2.45, 2.75) is 36.7 Å². The first-order valence-corrected chi connectivity index (χ1v) is 3.69. The monoisotopic (exact) mass is 282 g/mol. The summed E-state index contributed by atoms with van der Waals surface area (Å²) in [6.07, 6.45) is -13.5. The molecule has 1 N–H and O–H groups in total. The molecule has 0 heterocycles. The van der Waals surface area contributed by atoms with Crippen LogP contribution in [-0.2, 0) is 0 Å². The van der Waals surface area contributed by atoms with Crippen LogP contribution in [-0.4, -0.2) is 35.4 Å². The minimum atomic E-state index is -7.06. The summed E-state index contributed by atoms with van der Waals surface area (Å²) < 4.78 is 120. The van der Waals surface area contributed by atoms with Gasteiger partial charge in [-0.3, -0.25) is 0 Å². The lowest BCUT2D eigenvalue weighted by Crippen LogP contribution is -2.61. The van der Waals surface area contributed by atoms with E-state index in [9.17, 15) is 43.9 Å². The van der Waals surface area contributed by atoms with Crippen LogP contribution < -0.4 is 0 Å². The molecule has 1 nitrogen and oxygen atoms in total. The van der Waals surface area contributed by atoms with Crippen molar-refractivity contribution in [2.75, 3.05) is 0 Å². The Balaban J connectivity index is 5.39. The second kappa shape index (κ2) is 4.18. The van der Waals surface area contributed by atoms with Gasteiger partial charge in [-0.2, -0.15) is 39.5 Å². The van der Waals surface area contributed by atoms with Crippen LogP contribution in [0, 0.1) is 0 Å². The molecule has 0 aromatic heterocycles. The quantitative estimate of drug-likeness (QED) is 0.785. The smallest absolute Gasteiger partial charge is 0.364 e. The van der Waals surface area contributed by atoms with Gasteiger partial charge in [0.1, 0.15) is 0 Å². The van der Waals surface area contributed by atoms with Crippen molar-refractivity contribution in [2.24, 2.45) is 0 Å².